The molecule has 1 unspecified atom stereocenters. The molecule has 0 spiro atoms. The van der Waals surface area contributed by atoms with Gasteiger partial charge < -0.3 is 5.32 Å². The van der Waals surface area contributed by atoms with Gasteiger partial charge in [-0.2, -0.15) is 5.10 Å². The van der Waals surface area contributed by atoms with Crippen LogP contribution in [-0.2, 0) is 13.6 Å². The van der Waals surface area contributed by atoms with Crippen LogP contribution in [0.25, 0.3) is 0 Å². The monoisotopic (exact) mass is 321 g/mol. The molecule has 0 radical (unpaired) electrons. The van der Waals surface area contributed by atoms with E-state index in [1.54, 1.807) is 0 Å². The second-order valence-corrected chi connectivity index (χ2v) is 5.85. The Morgan fingerprint density at radius 1 is 1.53 bits per heavy atom. The number of aromatic nitrogens is 2. The number of alkyl halides is 1. The molecule has 1 aromatic heterocycles. The maximum atomic E-state index is 5.85. The van der Waals surface area contributed by atoms with E-state index in [-0.39, 0.29) is 5.54 Å². The van der Waals surface area contributed by atoms with E-state index in [1.807, 2.05) is 18.7 Å². The molecule has 0 saturated heterocycles. The summed E-state index contributed by atoms with van der Waals surface area (Å²) in [6.45, 7) is 7.21. The highest BCUT2D eigenvalue weighted by molar-refractivity contribution is 9.10. The van der Waals surface area contributed by atoms with E-state index in [2.05, 4.69) is 40.2 Å². The highest BCUT2D eigenvalue weighted by Gasteiger charge is 2.21. The first-order chi connectivity index (χ1) is 7.93. The summed E-state index contributed by atoms with van der Waals surface area (Å²) in [7, 11) is 1.97. The van der Waals surface area contributed by atoms with E-state index in [9.17, 15) is 0 Å². The van der Waals surface area contributed by atoms with Gasteiger partial charge in [-0.05, 0) is 42.6 Å². The van der Waals surface area contributed by atoms with Crippen LogP contribution < -0.4 is 5.32 Å². The molecule has 1 heterocycles. The van der Waals surface area contributed by atoms with Gasteiger partial charge in [-0.15, -0.1) is 11.6 Å². The summed E-state index contributed by atoms with van der Waals surface area (Å²) in [6.07, 6.45) is 2.04. The minimum Gasteiger partial charge on any atom is -0.306 e. The molecule has 17 heavy (non-hydrogen) atoms. The van der Waals surface area contributed by atoms with Gasteiger partial charge >= 0.3 is 0 Å². The molecular formula is C12H21BrClN3. The Bertz CT molecular complexity index is 378. The molecule has 5 heteroatoms. The molecule has 1 rings (SSSR count). The van der Waals surface area contributed by atoms with E-state index < -0.39 is 0 Å². The van der Waals surface area contributed by atoms with Crippen molar-refractivity contribution in [2.24, 2.45) is 7.05 Å². The number of rotatable bonds is 6. The molecule has 0 aliphatic heterocycles. The Morgan fingerprint density at radius 3 is 2.59 bits per heavy atom. The van der Waals surface area contributed by atoms with Crippen LogP contribution >= 0.6 is 27.5 Å². The van der Waals surface area contributed by atoms with Crippen LogP contribution in [0.3, 0.4) is 0 Å². The van der Waals surface area contributed by atoms with Crippen molar-refractivity contribution in [1.82, 2.24) is 15.1 Å². The first-order valence-electron chi connectivity index (χ1n) is 5.92. The highest BCUT2D eigenvalue weighted by Crippen LogP contribution is 2.22. The van der Waals surface area contributed by atoms with Crippen LogP contribution in [0, 0.1) is 6.92 Å². The van der Waals surface area contributed by atoms with Crippen molar-refractivity contribution in [3.05, 3.63) is 15.9 Å². The molecule has 1 atom stereocenters. The third kappa shape index (κ3) is 3.70. The van der Waals surface area contributed by atoms with E-state index >= 15 is 0 Å². The average molecular weight is 323 g/mol. The zero-order valence-electron chi connectivity index (χ0n) is 11.0. The van der Waals surface area contributed by atoms with Gasteiger partial charge in [-0.1, -0.05) is 6.92 Å². The van der Waals surface area contributed by atoms with Gasteiger partial charge in [0, 0.05) is 25.0 Å². The third-order valence-electron chi connectivity index (χ3n) is 3.37. The summed E-state index contributed by atoms with van der Waals surface area (Å²) in [5.74, 6) is 0.683. The normalized spacial score (nSPS) is 14.9. The van der Waals surface area contributed by atoms with Crippen molar-refractivity contribution in [3.8, 4) is 0 Å². The van der Waals surface area contributed by atoms with Gasteiger partial charge in [-0.25, -0.2) is 0 Å². The van der Waals surface area contributed by atoms with E-state index in [0.29, 0.717) is 5.88 Å². The predicted octanol–water partition coefficient (Wildman–Crippen LogP) is 3.38. The maximum Gasteiger partial charge on any atom is 0.0739 e. The molecule has 0 bridgehead atoms. The molecule has 3 nitrogen and oxygen atoms in total. The minimum atomic E-state index is 0.0966. The summed E-state index contributed by atoms with van der Waals surface area (Å²) in [4.78, 5) is 0. The Kier molecular flexibility index (Phi) is 5.48. The first-order valence-corrected chi connectivity index (χ1v) is 7.25. The number of aryl methyl sites for hydroxylation is 2. The number of nitrogens with zero attached hydrogens (tertiary/aromatic N) is 2. The summed E-state index contributed by atoms with van der Waals surface area (Å²) >= 11 is 9.43. The van der Waals surface area contributed by atoms with Crippen molar-refractivity contribution < 1.29 is 0 Å². The van der Waals surface area contributed by atoms with E-state index in [4.69, 9.17) is 11.6 Å². The Morgan fingerprint density at radius 2 is 2.18 bits per heavy atom. The van der Waals surface area contributed by atoms with Crippen LogP contribution in [-0.4, -0.2) is 21.2 Å². The fraction of sp³-hybridized carbons (Fsp3) is 0.750. The molecular weight excluding hydrogens is 302 g/mol. The second kappa shape index (κ2) is 6.21. The number of hydrogen-bond acceptors (Lipinski definition) is 2. The molecule has 1 N–H and O–H groups in total. The van der Waals surface area contributed by atoms with Gasteiger partial charge in [0.2, 0.25) is 0 Å². The SMILES string of the molecule is CCC(C)(CCCl)NCc1c(Br)c(C)nn1C. The molecule has 1 aromatic rings. The number of nitrogens with one attached hydrogen (secondary N) is 1. The summed E-state index contributed by atoms with van der Waals surface area (Å²) in [5.41, 5.74) is 2.30. The maximum absolute atomic E-state index is 5.85. The summed E-state index contributed by atoms with van der Waals surface area (Å²) in [6, 6.07) is 0. The van der Waals surface area contributed by atoms with Gasteiger partial charge in [0.25, 0.3) is 0 Å². The lowest BCUT2D eigenvalue weighted by Gasteiger charge is -2.29. The lowest BCUT2D eigenvalue weighted by atomic mass is 9.95. The fourth-order valence-electron chi connectivity index (χ4n) is 1.77. The largest absolute Gasteiger partial charge is 0.306 e. The quantitative estimate of drug-likeness (QED) is 0.814. The Hall–Kier alpha value is -0.0600. The topological polar surface area (TPSA) is 29.9 Å². The summed E-state index contributed by atoms with van der Waals surface area (Å²) < 4.78 is 3.01. The zero-order valence-corrected chi connectivity index (χ0v) is 13.3. The van der Waals surface area contributed by atoms with Gasteiger partial charge in [0.15, 0.2) is 0 Å². The standard InChI is InChI=1S/C12H21BrClN3/c1-5-12(3,6-7-14)15-8-10-11(13)9(2)16-17(10)4/h15H,5-8H2,1-4H3. The molecule has 0 fully saturated rings. The van der Waals surface area contributed by atoms with Gasteiger partial charge in [-0.3, -0.25) is 4.68 Å². The van der Waals surface area contributed by atoms with Crippen molar-refractivity contribution in [2.45, 2.75) is 45.7 Å². The molecule has 98 valence electrons. The van der Waals surface area contributed by atoms with Crippen molar-refractivity contribution in [3.63, 3.8) is 0 Å². The third-order valence-corrected chi connectivity index (χ3v) is 4.59. The Balaban J connectivity index is 2.72. The molecule has 0 amide bonds. The lowest BCUT2D eigenvalue weighted by molar-refractivity contribution is 0.326. The average Bonchev–Trinajstić information content (AvgIpc) is 2.52. The fourth-order valence-corrected chi connectivity index (χ4v) is 2.66. The van der Waals surface area contributed by atoms with Crippen LogP contribution in [0.1, 0.15) is 38.1 Å². The van der Waals surface area contributed by atoms with Gasteiger partial charge in [0.05, 0.1) is 15.9 Å². The zero-order chi connectivity index (χ0) is 13.1. The van der Waals surface area contributed by atoms with E-state index in [0.717, 1.165) is 29.6 Å². The molecule has 0 aromatic carbocycles. The van der Waals surface area contributed by atoms with Crippen LogP contribution in [0.4, 0.5) is 0 Å². The lowest BCUT2D eigenvalue weighted by Crippen LogP contribution is -2.42. The first kappa shape index (κ1) is 15.0. The molecule has 0 saturated carbocycles. The van der Waals surface area contributed by atoms with Crippen molar-refractivity contribution >= 4 is 27.5 Å². The predicted molar refractivity (Wildman–Crippen MR) is 76.5 cm³/mol. The number of hydrogen-bond donors (Lipinski definition) is 1. The van der Waals surface area contributed by atoms with Gasteiger partial charge in [0.1, 0.15) is 0 Å². The van der Waals surface area contributed by atoms with Crippen LogP contribution in [0.15, 0.2) is 4.47 Å². The van der Waals surface area contributed by atoms with E-state index in [1.165, 1.54) is 5.69 Å². The minimum absolute atomic E-state index is 0.0966. The Labute approximate surface area is 117 Å². The van der Waals surface area contributed by atoms with Crippen molar-refractivity contribution in [1.29, 1.82) is 0 Å². The highest BCUT2D eigenvalue weighted by atomic mass is 79.9. The summed E-state index contributed by atoms with van der Waals surface area (Å²) in [5, 5.41) is 7.97. The smallest absolute Gasteiger partial charge is 0.0739 e. The molecule has 0 aliphatic carbocycles. The number of halogens is 2. The molecule has 0 aliphatic rings. The van der Waals surface area contributed by atoms with Crippen molar-refractivity contribution in [2.75, 3.05) is 5.88 Å². The van der Waals surface area contributed by atoms with Crippen LogP contribution in [0.2, 0.25) is 0 Å². The van der Waals surface area contributed by atoms with Crippen LogP contribution in [0.5, 0.6) is 0 Å². The second-order valence-electron chi connectivity index (χ2n) is 4.68.